The summed E-state index contributed by atoms with van der Waals surface area (Å²) in [6.07, 6.45) is 2.47. The lowest BCUT2D eigenvalue weighted by Gasteiger charge is -2.48. The van der Waals surface area contributed by atoms with E-state index >= 15 is 0 Å². The molecule has 102 valence electrons. The van der Waals surface area contributed by atoms with Crippen molar-refractivity contribution in [2.24, 2.45) is 0 Å². The van der Waals surface area contributed by atoms with Crippen LogP contribution in [0.5, 0.6) is 0 Å². The first-order chi connectivity index (χ1) is 8.06. The highest BCUT2D eigenvalue weighted by Crippen LogP contribution is 2.23. The Morgan fingerprint density at radius 3 is 2.65 bits per heavy atom. The smallest absolute Gasteiger partial charge is 0.0278 e. The van der Waals surface area contributed by atoms with E-state index in [1.54, 1.807) is 0 Å². The highest BCUT2D eigenvalue weighted by atomic mass is 32.2. The molecule has 1 rings (SSSR count). The summed E-state index contributed by atoms with van der Waals surface area (Å²) in [5.41, 5.74) is 0.316. The van der Waals surface area contributed by atoms with E-state index in [0.717, 1.165) is 12.6 Å². The van der Waals surface area contributed by atoms with Crippen molar-refractivity contribution in [3.8, 4) is 0 Å². The van der Waals surface area contributed by atoms with Gasteiger partial charge in [-0.05, 0) is 32.4 Å². The Balaban J connectivity index is 2.62. The van der Waals surface area contributed by atoms with Gasteiger partial charge in [-0.1, -0.05) is 20.8 Å². The van der Waals surface area contributed by atoms with Crippen LogP contribution >= 0.6 is 11.8 Å². The van der Waals surface area contributed by atoms with Crippen molar-refractivity contribution in [2.45, 2.75) is 65.1 Å². The van der Waals surface area contributed by atoms with Gasteiger partial charge in [0.15, 0.2) is 0 Å². The number of piperazine rings is 1. The van der Waals surface area contributed by atoms with E-state index in [1.165, 1.54) is 30.9 Å². The molecular formula is C14H30N2S. The minimum absolute atomic E-state index is 0.316. The van der Waals surface area contributed by atoms with Crippen LogP contribution < -0.4 is 5.32 Å². The Morgan fingerprint density at radius 2 is 2.12 bits per heavy atom. The fourth-order valence-electron chi connectivity index (χ4n) is 2.58. The van der Waals surface area contributed by atoms with Crippen LogP contribution in [0.3, 0.4) is 0 Å². The molecule has 0 spiro atoms. The number of rotatable bonds is 6. The third kappa shape index (κ3) is 4.15. The topological polar surface area (TPSA) is 15.3 Å². The summed E-state index contributed by atoms with van der Waals surface area (Å²) in [4.78, 5) is 2.74. The minimum atomic E-state index is 0.316. The second-order valence-corrected chi connectivity index (χ2v) is 6.86. The van der Waals surface area contributed by atoms with Crippen LogP contribution in [0.25, 0.3) is 0 Å². The summed E-state index contributed by atoms with van der Waals surface area (Å²) in [5.74, 6) is 2.51. The molecule has 0 amide bonds. The van der Waals surface area contributed by atoms with E-state index in [1.807, 2.05) is 0 Å². The van der Waals surface area contributed by atoms with Crippen molar-refractivity contribution in [3.63, 3.8) is 0 Å². The van der Waals surface area contributed by atoms with E-state index in [-0.39, 0.29) is 0 Å². The van der Waals surface area contributed by atoms with Crippen LogP contribution in [0.2, 0.25) is 0 Å². The lowest BCUT2D eigenvalue weighted by molar-refractivity contribution is 0.0576. The van der Waals surface area contributed by atoms with Gasteiger partial charge in [0.1, 0.15) is 0 Å². The lowest BCUT2D eigenvalue weighted by atomic mass is 9.92. The Kier molecular flexibility index (Phi) is 6.32. The molecule has 0 saturated carbocycles. The Labute approximate surface area is 112 Å². The molecule has 1 aliphatic heterocycles. The molecule has 17 heavy (non-hydrogen) atoms. The normalized spacial score (nSPS) is 32.6. The zero-order valence-corrected chi connectivity index (χ0v) is 13.1. The quantitative estimate of drug-likeness (QED) is 0.788. The summed E-state index contributed by atoms with van der Waals surface area (Å²) < 4.78 is 0. The Morgan fingerprint density at radius 1 is 1.41 bits per heavy atom. The maximum Gasteiger partial charge on any atom is 0.0278 e. The molecule has 1 aliphatic rings. The van der Waals surface area contributed by atoms with Gasteiger partial charge in [-0.15, -0.1) is 0 Å². The number of hydrogen-bond donors (Lipinski definition) is 1. The monoisotopic (exact) mass is 258 g/mol. The van der Waals surface area contributed by atoms with Gasteiger partial charge in [-0.25, -0.2) is 0 Å². The molecular weight excluding hydrogens is 228 g/mol. The molecule has 0 aliphatic carbocycles. The van der Waals surface area contributed by atoms with Gasteiger partial charge in [0, 0.05) is 36.5 Å². The number of hydrogen-bond acceptors (Lipinski definition) is 3. The molecule has 2 nitrogen and oxygen atoms in total. The molecule has 0 aromatic carbocycles. The second-order valence-electron chi connectivity index (χ2n) is 5.54. The fourth-order valence-corrected chi connectivity index (χ4v) is 3.35. The van der Waals surface area contributed by atoms with Crippen LogP contribution in [0, 0.1) is 0 Å². The number of thioether (sulfide) groups is 1. The maximum atomic E-state index is 3.74. The average Bonchev–Trinajstić information content (AvgIpc) is 2.36. The summed E-state index contributed by atoms with van der Waals surface area (Å²) in [7, 11) is 0. The second kappa shape index (κ2) is 7.01. The van der Waals surface area contributed by atoms with Crippen molar-refractivity contribution in [3.05, 3.63) is 0 Å². The van der Waals surface area contributed by atoms with E-state index in [2.05, 4.69) is 56.6 Å². The summed E-state index contributed by atoms with van der Waals surface area (Å²) in [6.45, 7) is 14.0. The largest absolute Gasteiger partial charge is 0.309 e. The van der Waals surface area contributed by atoms with Gasteiger partial charge < -0.3 is 5.32 Å². The predicted molar refractivity (Wildman–Crippen MR) is 79.9 cm³/mol. The molecule has 0 aromatic heterocycles. The lowest BCUT2D eigenvalue weighted by Crippen LogP contribution is -2.64. The molecule has 3 atom stereocenters. The SMILES string of the molecule is CCSCC(C)N1CC(C)(CC)NCC1CC. The molecule has 1 saturated heterocycles. The fraction of sp³-hybridized carbons (Fsp3) is 1.00. The third-order valence-corrected chi connectivity index (χ3v) is 5.27. The molecule has 0 bridgehead atoms. The first kappa shape index (κ1) is 15.3. The van der Waals surface area contributed by atoms with Crippen LogP contribution in [-0.2, 0) is 0 Å². The minimum Gasteiger partial charge on any atom is -0.309 e. The standard InChI is InChI=1S/C14H30N2S/c1-6-13-9-15-14(5,7-2)11-16(13)12(4)10-17-8-3/h12-13,15H,6-11H2,1-5H3. The van der Waals surface area contributed by atoms with Crippen molar-refractivity contribution >= 4 is 11.8 Å². The van der Waals surface area contributed by atoms with Gasteiger partial charge in [0.05, 0.1) is 0 Å². The van der Waals surface area contributed by atoms with Gasteiger partial charge in [-0.3, -0.25) is 4.90 Å². The summed E-state index contributed by atoms with van der Waals surface area (Å²) in [5, 5.41) is 3.74. The Hall–Kier alpha value is 0.270. The summed E-state index contributed by atoms with van der Waals surface area (Å²) in [6, 6.07) is 1.43. The molecule has 0 radical (unpaired) electrons. The van der Waals surface area contributed by atoms with Crippen LogP contribution in [0.15, 0.2) is 0 Å². The van der Waals surface area contributed by atoms with Gasteiger partial charge >= 0.3 is 0 Å². The number of nitrogens with zero attached hydrogens (tertiary/aromatic N) is 1. The van der Waals surface area contributed by atoms with Crippen molar-refractivity contribution in [1.29, 1.82) is 0 Å². The van der Waals surface area contributed by atoms with Crippen LogP contribution in [0.1, 0.15) is 47.5 Å². The molecule has 3 heteroatoms. The zero-order chi connectivity index (χ0) is 12.9. The number of nitrogens with one attached hydrogen (secondary N) is 1. The van der Waals surface area contributed by atoms with E-state index < -0.39 is 0 Å². The highest BCUT2D eigenvalue weighted by Gasteiger charge is 2.35. The predicted octanol–water partition coefficient (Wildman–Crippen LogP) is 2.98. The third-order valence-electron chi connectivity index (χ3n) is 4.15. The molecule has 3 unspecified atom stereocenters. The highest BCUT2D eigenvalue weighted by molar-refractivity contribution is 7.99. The average molecular weight is 258 g/mol. The van der Waals surface area contributed by atoms with Crippen LogP contribution in [-0.4, -0.2) is 47.1 Å². The van der Waals surface area contributed by atoms with Crippen molar-refractivity contribution in [2.75, 3.05) is 24.6 Å². The molecule has 1 fully saturated rings. The first-order valence-electron chi connectivity index (χ1n) is 7.14. The Bertz CT molecular complexity index is 222. The molecule has 1 N–H and O–H groups in total. The van der Waals surface area contributed by atoms with Gasteiger partial charge in [-0.2, -0.15) is 11.8 Å². The van der Waals surface area contributed by atoms with Crippen molar-refractivity contribution < 1.29 is 0 Å². The van der Waals surface area contributed by atoms with E-state index in [4.69, 9.17) is 0 Å². The first-order valence-corrected chi connectivity index (χ1v) is 8.30. The van der Waals surface area contributed by atoms with E-state index in [0.29, 0.717) is 11.6 Å². The van der Waals surface area contributed by atoms with Gasteiger partial charge in [0.2, 0.25) is 0 Å². The maximum absolute atomic E-state index is 3.74. The van der Waals surface area contributed by atoms with Gasteiger partial charge in [0.25, 0.3) is 0 Å². The zero-order valence-electron chi connectivity index (χ0n) is 12.3. The van der Waals surface area contributed by atoms with Crippen molar-refractivity contribution in [1.82, 2.24) is 10.2 Å². The summed E-state index contributed by atoms with van der Waals surface area (Å²) >= 11 is 2.07. The molecule has 1 heterocycles. The van der Waals surface area contributed by atoms with Crippen LogP contribution in [0.4, 0.5) is 0 Å². The van der Waals surface area contributed by atoms with E-state index in [9.17, 15) is 0 Å². The molecule has 0 aromatic rings.